The molecule has 0 aromatic heterocycles. The summed E-state index contributed by atoms with van der Waals surface area (Å²) >= 11 is 0. The van der Waals surface area contributed by atoms with Crippen molar-refractivity contribution >= 4 is 0 Å². The second-order valence-electron chi connectivity index (χ2n) is 0.707. The molecule has 0 aromatic rings. The number of rotatable bonds is 1. The Hall–Kier alpha value is 1.25. The average molecular weight is 187 g/mol. The van der Waals surface area contributed by atoms with Crippen molar-refractivity contribution in [3.05, 3.63) is 13.8 Å². The van der Waals surface area contributed by atoms with E-state index in [4.69, 9.17) is 0 Å². The summed E-state index contributed by atoms with van der Waals surface area (Å²) in [7, 11) is 0. The molecule has 0 radical (unpaired) electrons. The standard InChI is InChI=1S/C4H8.2Zn/c1-3-4-2;;/h1-4H2;;/q-2;;. The monoisotopic (exact) mass is 184 g/mol. The zero-order valence-corrected chi connectivity index (χ0v) is 10.2. The molecule has 30 valence electrons. The zero-order valence-electron chi connectivity index (χ0n) is 4.24. The maximum atomic E-state index is 3.54. The molecule has 0 aliphatic carbocycles. The molecule has 0 fully saturated rings. The molecule has 0 N–H and O–H groups in total. The van der Waals surface area contributed by atoms with Gasteiger partial charge in [-0.25, -0.2) is 12.8 Å². The normalized spacial score (nSPS) is 5.00. The Labute approximate surface area is 65.6 Å². The topological polar surface area (TPSA) is 0 Å². The predicted molar refractivity (Wildman–Crippen MR) is 19.9 cm³/mol. The first-order valence-electron chi connectivity index (χ1n) is 1.50. The molecule has 0 unspecified atom stereocenters. The van der Waals surface area contributed by atoms with E-state index in [0.29, 0.717) is 0 Å². The van der Waals surface area contributed by atoms with Crippen LogP contribution in [-0.2, 0) is 39.0 Å². The first-order valence-corrected chi connectivity index (χ1v) is 1.50. The van der Waals surface area contributed by atoms with Crippen molar-refractivity contribution in [1.29, 1.82) is 0 Å². The Bertz CT molecular complexity index is 7.51. The second-order valence-corrected chi connectivity index (χ2v) is 0.707. The van der Waals surface area contributed by atoms with Gasteiger partial charge in [0.2, 0.25) is 0 Å². The van der Waals surface area contributed by atoms with E-state index in [9.17, 15) is 0 Å². The molecule has 0 aliphatic rings. The minimum atomic E-state index is 0. The summed E-state index contributed by atoms with van der Waals surface area (Å²) in [4.78, 5) is 0. The Balaban J connectivity index is -0.0000000450. The van der Waals surface area contributed by atoms with Crippen LogP contribution in [0.5, 0.6) is 0 Å². The van der Waals surface area contributed by atoms with Crippen LogP contribution in [0, 0.1) is 13.8 Å². The molecular formula is C4H8Zn2-2. The van der Waals surface area contributed by atoms with Crippen LogP contribution in [-0.4, -0.2) is 0 Å². The molecule has 0 amide bonds. The maximum Gasteiger partial charge on any atom is 0 e. The van der Waals surface area contributed by atoms with E-state index in [0.717, 1.165) is 12.8 Å². The van der Waals surface area contributed by atoms with Gasteiger partial charge in [0, 0.05) is 39.0 Å². The van der Waals surface area contributed by atoms with Gasteiger partial charge in [-0.3, -0.25) is 0 Å². The van der Waals surface area contributed by atoms with E-state index in [1.165, 1.54) is 0 Å². The fourth-order valence-corrected chi connectivity index (χ4v) is 0. The van der Waals surface area contributed by atoms with Crippen molar-refractivity contribution in [2.24, 2.45) is 0 Å². The molecule has 0 atom stereocenters. The molecule has 0 rings (SSSR count). The van der Waals surface area contributed by atoms with Crippen molar-refractivity contribution in [3.63, 3.8) is 0 Å². The fraction of sp³-hybridized carbons (Fsp3) is 0.500. The molecule has 2 heteroatoms. The first-order chi connectivity index (χ1) is 1.91. The molecule has 0 saturated heterocycles. The van der Waals surface area contributed by atoms with E-state index < -0.39 is 0 Å². The van der Waals surface area contributed by atoms with E-state index in [1.54, 1.807) is 0 Å². The molecule has 0 heterocycles. The molecule has 0 aliphatic heterocycles. The molecule has 0 nitrogen and oxygen atoms in total. The second kappa shape index (κ2) is 16.3. The number of hydrogen-bond donors (Lipinski definition) is 0. The van der Waals surface area contributed by atoms with Gasteiger partial charge in [-0.2, -0.15) is 0 Å². The van der Waals surface area contributed by atoms with Gasteiger partial charge in [-0.05, 0) is 0 Å². The Kier molecular flexibility index (Phi) is 42.6. The van der Waals surface area contributed by atoms with Gasteiger partial charge in [0.1, 0.15) is 0 Å². The summed E-state index contributed by atoms with van der Waals surface area (Å²) in [5.41, 5.74) is 0. The van der Waals surface area contributed by atoms with Gasteiger partial charge >= 0.3 is 0 Å². The Morgan fingerprint density at radius 3 is 1.00 bits per heavy atom. The quantitative estimate of drug-likeness (QED) is 0.430. The summed E-state index contributed by atoms with van der Waals surface area (Å²) < 4.78 is 0. The van der Waals surface area contributed by atoms with Crippen LogP contribution >= 0.6 is 0 Å². The molecule has 0 aromatic carbocycles. The Morgan fingerprint density at radius 2 is 1.00 bits per heavy atom. The molecule has 0 spiro atoms. The van der Waals surface area contributed by atoms with Crippen molar-refractivity contribution in [2.75, 3.05) is 0 Å². The summed E-state index contributed by atoms with van der Waals surface area (Å²) in [5, 5.41) is 0. The van der Waals surface area contributed by atoms with Crippen LogP contribution < -0.4 is 0 Å². The van der Waals surface area contributed by atoms with Crippen LogP contribution in [0.15, 0.2) is 0 Å². The number of unbranched alkanes of at least 4 members (excludes halogenated alkanes) is 1. The predicted octanol–water partition coefficient (Wildman–Crippen LogP) is 1.43. The molecule has 6 heavy (non-hydrogen) atoms. The minimum Gasteiger partial charge on any atom is -0.346 e. The maximum absolute atomic E-state index is 3.54. The van der Waals surface area contributed by atoms with Gasteiger partial charge in [-0.1, -0.05) is 0 Å². The first kappa shape index (κ1) is 15.7. The van der Waals surface area contributed by atoms with Gasteiger partial charge < -0.3 is 13.8 Å². The van der Waals surface area contributed by atoms with Crippen LogP contribution in [0.25, 0.3) is 0 Å². The summed E-state index contributed by atoms with van der Waals surface area (Å²) in [6, 6.07) is 0. The third-order valence-corrected chi connectivity index (χ3v) is 0.250. The fourth-order valence-electron chi connectivity index (χ4n) is 0. The van der Waals surface area contributed by atoms with Crippen LogP contribution in [0.3, 0.4) is 0 Å². The summed E-state index contributed by atoms with van der Waals surface area (Å²) in [5.74, 6) is 0. The van der Waals surface area contributed by atoms with E-state index in [2.05, 4.69) is 13.8 Å². The molecule has 0 saturated carbocycles. The third-order valence-electron chi connectivity index (χ3n) is 0.250. The number of hydrogen-bond acceptors (Lipinski definition) is 0. The van der Waals surface area contributed by atoms with E-state index in [-0.39, 0.29) is 39.0 Å². The minimum absolute atomic E-state index is 0. The van der Waals surface area contributed by atoms with Gasteiger partial charge in [0.25, 0.3) is 0 Å². The summed E-state index contributed by atoms with van der Waals surface area (Å²) in [6.45, 7) is 7.08. The van der Waals surface area contributed by atoms with Crippen molar-refractivity contribution in [3.8, 4) is 0 Å². The Morgan fingerprint density at radius 1 is 0.833 bits per heavy atom. The van der Waals surface area contributed by atoms with Gasteiger partial charge in [0.15, 0.2) is 0 Å². The van der Waals surface area contributed by atoms with Gasteiger partial charge in [0.05, 0.1) is 0 Å². The third kappa shape index (κ3) is 18.7. The molecule has 0 bridgehead atoms. The van der Waals surface area contributed by atoms with E-state index >= 15 is 0 Å². The summed E-state index contributed by atoms with van der Waals surface area (Å²) in [6.07, 6.45) is 1.92. The molecular weight excluding hydrogens is 179 g/mol. The van der Waals surface area contributed by atoms with Crippen LogP contribution in [0.2, 0.25) is 0 Å². The largest absolute Gasteiger partial charge is 0.346 e. The van der Waals surface area contributed by atoms with Crippen LogP contribution in [0.4, 0.5) is 0 Å². The SMILES string of the molecule is [CH2-]CC[CH2-].[Zn].[Zn]. The van der Waals surface area contributed by atoms with Crippen LogP contribution in [0.1, 0.15) is 12.8 Å². The van der Waals surface area contributed by atoms with Crippen molar-refractivity contribution < 1.29 is 39.0 Å². The zero-order chi connectivity index (χ0) is 3.41. The average Bonchev–Trinajstić information content (AvgIpc) is 1.37. The smallest absolute Gasteiger partial charge is 0 e. The van der Waals surface area contributed by atoms with E-state index in [1.807, 2.05) is 0 Å². The van der Waals surface area contributed by atoms with Crippen molar-refractivity contribution in [2.45, 2.75) is 12.8 Å². The van der Waals surface area contributed by atoms with Crippen molar-refractivity contribution in [1.82, 2.24) is 0 Å². The van der Waals surface area contributed by atoms with Gasteiger partial charge in [-0.15, -0.1) is 0 Å².